The first kappa shape index (κ1) is 19.2. The lowest BCUT2D eigenvalue weighted by atomic mass is 10.1. The molecule has 27 heavy (non-hydrogen) atoms. The SMILES string of the molecule is COC(=O)c1c(NC(=O)COC(=O)c2ccc(Cl)cc2N)sc2c1CCC2. The second kappa shape index (κ2) is 7.98. The van der Waals surface area contributed by atoms with E-state index >= 15 is 0 Å². The van der Waals surface area contributed by atoms with E-state index < -0.39 is 24.5 Å². The van der Waals surface area contributed by atoms with Crippen LogP contribution < -0.4 is 11.1 Å². The van der Waals surface area contributed by atoms with Gasteiger partial charge in [0.1, 0.15) is 5.00 Å². The number of benzene rings is 1. The second-order valence-electron chi connectivity index (χ2n) is 5.91. The monoisotopic (exact) mass is 408 g/mol. The number of ether oxygens (including phenoxy) is 2. The summed E-state index contributed by atoms with van der Waals surface area (Å²) in [4.78, 5) is 37.4. The summed E-state index contributed by atoms with van der Waals surface area (Å²) < 4.78 is 9.83. The third-order valence-corrected chi connectivity index (χ3v) is 5.57. The molecule has 0 spiro atoms. The minimum absolute atomic E-state index is 0.123. The molecule has 1 aliphatic rings. The fourth-order valence-electron chi connectivity index (χ4n) is 2.90. The van der Waals surface area contributed by atoms with Crippen LogP contribution in [-0.2, 0) is 27.1 Å². The topological polar surface area (TPSA) is 108 Å². The molecule has 0 atom stereocenters. The molecule has 0 aliphatic heterocycles. The van der Waals surface area contributed by atoms with E-state index in [0.717, 1.165) is 29.7 Å². The molecule has 1 aromatic carbocycles. The van der Waals surface area contributed by atoms with Gasteiger partial charge in [-0.2, -0.15) is 0 Å². The van der Waals surface area contributed by atoms with Crippen LogP contribution in [0.2, 0.25) is 5.02 Å². The summed E-state index contributed by atoms with van der Waals surface area (Å²) in [6.07, 6.45) is 2.61. The lowest BCUT2D eigenvalue weighted by molar-refractivity contribution is -0.119. The molecule has 1 amide bonds. The van der Waals surface area contributed by atoms with Gasteiger partial charge in [0.25, 0.3) is 5.91 Å². The van der Waals surface area contributed by atoms with Crippen LogP contribution in [0.15, 0.2) is 18.2 Å². The molecule has 3 rings (SSSR count). The molecule has 2 aromatic rings. The van der Waals surface area contributed by atoms with E-state index in [1.807, 2.05) is 0 Å². The first-order valence-corrected chi connectivity index (χ1v) is 9.35. The molecule has 0 saturated carbocycles. The maximum absolute atomic E-state index is 12.2. The molecular formula is C18H17ClN2O5S. The van der Waals surface area contributed by atoms with Crippen molar-refractivity contribution >= 4 is 51.5 Å². The number of nitrogen functional groups attached to an aromatic ring is 1. The Labute approximate surface area is 164 Å². The third kappa shape index (κ3) is 4.06. The minimum Gasteiger partial charge on any atom is -0.465 e. The Bertz CT molecular complexity index is 925. The van der Waals surface area contributed by atoms with Gasteiger partial charge >= 0.3 is 11.9 Å². The number of rotatable bonds is 5. The molecule has 0 fully saturated rings. The highest BCUT2D eigenvalue weighted by Gasteiger charge is 2.28. The van der Waals surface area contributed by atoms with Crippen molar-refractivity contribution < 1.29 is 23.9 Å². The summed E-state index contributed by atoms with van der Waals surface area (Å²) in [6, 6.07) is 4.36. The van der Waals surface area contributed by atoms with Gasteiger partial charge in [-0.25, -0.2) is 9.59 Å². The summed E-state index contributed by atoms with van der Waals surface area (Å²) in [6.45, 7) is -0.510. The number of methoxy groups -OCH3 is 1. The lowest BCUT2D eigenvalue weighted by Crippen LogP contribution is -2.22. The number of fused-ring (bicyclic) bond motifs is 1. The van der Waals surface area contributed by atoms with E-state index in [0.29, 0.717) is 15.6 Å². The van der Waals surface area contributed by atoms with Crippen LogP contribution in [0.1, 0.15) is 37.6 Å². The van der Waals surface area contributed by atoms with Gasteiger partial charge in [0.2, 0.25) is 0 Å². The number of nitrogens with one attached hydrogen (secondary N) is 1. The molecule has 7 nitrogen and oxygen atoms in total. The molecule has 1 aromatic heterocycles. The van der Waals surface area contributed by atoms with E-state index in [-0.39, 0.29) is 11.3 Å². The highest BCUT2D eigenvalue weighted by Crippen LogP contribution is 2.39. The van der Waals surface area contributed by atoms with Gasteiger partial charge in [-0.15, -0.1) is 11.3 Å². The van der Waals surface area contributed by atoms with Gasteiger partial charge in [-0.1, -0.05) is 11.6 Å². The third-order valence-electron chi connectivity index (χ3n) is 4.13. The maximum atomic E-state index is 12.2. The quantitative estimate of drug-likeness (QED) is 0.581. The van der Waals surface area contributed by atoms with Crippen molar-refractivity contribution in [3.63, 3.8) is 0 Å². The molecule has 3 N–H and O–H groups in total. The molecule has 9 heteroatoms. The summed E-state index contributed by atoms with van der Waals surface area (Å²) in [5.41, 5.74) is 7.32. The standard InChI is InChI=1S/C18H17ClN2O5S/c1-25-18(24)15-11-3-2-4-13(11)27-16(15)21-14(22)8-26-17(23)10-6-5-9(19)7-12(10)20/h5-7H,2-4,8,20H2,1H3,(H,21,22). The Hall–Kier alpha value is -2.58. The maximum Gasteiger partial charge on any atom is 0.341 e. The number of hydrogen-bond donors (Lipinski definition) is 2. The summed E-state index contributed by atoms with van der Waals surface area (Å²) in [5.74, 6) is -1.78. The molecule has 0 bridgehead atoms. The zero-order chi connectivity index (χ0) is 19.6. The minimum atomic E-state index is -0.735. The van der Waals surface area contributed by atoms with Crippen LogP contribution in [0.5, 0.6) is 0 Å². The van der Waals surface area contributed by atoms with Gasteiger partial charge in [0, 0.05) is 15.6 Å². The first-order valence-electron chi connectivity index (χ1n) is 8.15. The Morgan fingerprint density at radius 3 is 2.74 bits per heavy atom. The van der Waals surface area contributed by atoms with Crippen LogP contribution in [-0.4, -0.2) is 31.6 Å². The number of thiophene rings is 1. The molecule has 0 unspecified atom stereocenters. The van der Waals surface area contributed by atoms with Gasteiger partial charge in [0.05, 0.1) is 18.2 Å². The molecule has 0 radical (unpaired) electrons. The van der Waals surface area contributed by atoms with Crippen LogP contribution in [0.4, 0.5) is 10.7 Å². The zero-order valence-electron chi connectivity index (χ0n) is 14.5. The highest BCUT2D eigenvalue weighted by atomic mass is 35.5. The van der Waals surface area contributed by atoms with E-state index in [9.17, 15) is 14.4 Å². The molecule has 1 heterocycles. The van der Waals surface area contributed by atoms with Crippen molar-refractivity contribution in [3.8, 4) is 0 Å². The average Bonchev–Trinajstić information content (AvgIpc) is 3.19. The number of esters is 2. The lowest BCUT2D eigenvalue weighted by Gasteiger charge is -2.09. The summed E-state index contributed by atoms with van der Waals surface area (Å²) in [5, 5.41) is 3.44. The van der Waals surface area contributed by atoms with Crippen LogP contribution in [0, 0.1) is 0 Å². The first-order chi connectivity index (χ1) is 12.9. The van der Waals surface area contributed by atoms with E-state index in [4.69, 9.17) is 26.8 Å². The van der Waals surface area contributed by atoms with E-state index in [1.165, 1.54) is 36.6 Å². The summed E-state index contributed by atoms with van der Waals surface area (Å²) in [7, 11) is 1.30. The van der Waals surface area contributed by atoms with Gasteiger partial charge < -0.3 is 20.5 Å². The Morgan fingerprint density at radius 2 is 2.04 bits per heavy atom. The summed E-state index contributed by atoms with van der Waals surface area (Å²) >= 11 is 7.14. The number of halogens is 1. The van der Waals surface area contributed by atoms with Gasteiger partial charge in [0.15, 0.2) is 6.61 Å². The average molecular weight is 409 g/mol. The second-order valence-corrected chi connectivity index (χ2v) is 7.45. The Morgan fingerprint density at radius 1 is 1.26 bits per heavy atom. The molecular weight excluding hydrogens is 392 g/mol. The normalized spacial score (nSPS) is 12.4. The number of anilines is 2. The Kier molecular flexibility index (Phi) is 5.67. The van der Waals surface area contributed by atoms with E-state index in [2.05, 4.69) is 5.32 Å². The van der Waals surface area contributed by atoms with Crippen molar-refractivity contribution in [1.82, 2.24) is 0 Å². The molecule has 0 saturated heterocycles. The predicted octanol–water partition coefficient (Wildman–Crippen LogP) is 3.05. The molecule has 1 aliphatic carbocycles. The van der Waals surface area contributed by atoms with Crippen LogP contribution >= 0.6 is 22.9 Å². The smallest absolute Gasteiger partial charge is 0.341 e. The van der Waals surface area contributed by atoms with Crippen molar-refractivity contribution in [1.29, 1.82) is 0 Å². The number of aryl methyl sites for hydroxylation is 1. The van der Waals surface area contributed by atoms with Gasteiger partial charge in [-0.3, -0.25) is 4.79 Å². The van der Waals surface area contributed by atoms with Crippen LogP contribution in [0.3, 0.4) is 0 Å². The van der Waals surface area contributed by atoms with Crippen molar-refractivity contribution in [2.75, 3.05) is 24.8 Å². The van der Waals surface area contributed by atoms with Crippen molar-refractivity contribution in [3.05, 3.63) is 44.8 Å². The van der Waals surface area contributed by atoms with Crippen molar-refractivity contribution in [2.24, 2.45) is 0 Å². The number of amides is 1. The Balaban J connectivity index is 1.66. The van der Waals surface area contributed by atoms with Crippen molar-refractivity contribution in [2.45, 2.75) is 19.3 Å². The van der Waals surface area contributed by atoms with Crippen LogP contribution in [0.25, 0.3) is 0 Å². The number of nitrogens with two attached hydrogens (primary N) is 1. The number of carbonyl (C=O) groups is 3. The zero-order valence-corrected chi connectivity index (χ0v) is 16.0. The number of carbonyl (C=O) groups excluding carboxylic acids is 3. The fourth-order valence-corrected chi connectivity index (χ4v) is 4.38. The largest absolute Gasteiger partial charge is 0.465 e. The number of hydrogen-bond acceptors (Lipinski definition) is 7. The van der Waals surface area contributed by atoms with E-state index in [1.54, 1.807) is 0 Å². The predicted molar refractivity (Wildman–Crippen MR) is 102 cm³/mol. The van der Waals surface area contributed by atoms with Gasteiger partial charge in [-0.05, 0) is 43.0 Å². The highest BCUT2D eigenvalue weighted by molar-refractivity contribution is 7.17. The molecule has 142 valence electrons. The fraction of sp³-hybridized carbons (Fsp3) is 0.278.